The molecule has 0 spiro atoms. The van der Waals surface area contributed by atoms with Crippen LogP contribution in [0.4, 0.5) is 35.1 Å². The summed E-state index contributed by atoms with van der Waals surface area (Å²) < 4.78 is 112. The summed E-state index contributed by atoms with van der Waals surface area (Å²) >= 11 is 0. The lowest BCUT2D eigenvalue weighted by Gasteiger charge is -2.34. The Morgan fingerprint density at radius 1 is 0.885 bits per heavy atom. The van der Waals surface area contributed by atoms with Crippen molar-refractivity contribution >= 4 is 11.9 Å². The molecular formula is C14H14F8O4. The second-order valence-electron chi connectivity index (χ2n) is 5.24. The summed E-state index contributed by atoms with van der Waals surface area (Å²) in [4.78, 5) is 22.6. The lowest BCUT2D eigenvalue weighted by Crippen LogP contribution is -2.56. The van der Waals surface area contributed by atoms with Crippen molar-refractivity contribution in [3.8, 4) is 0 Å². The summed E-state index contributed by atoms with van der Waals surface area (Å²) in [5.74, 6) is -13.9. The summed E-state index contributed by atoms with van der Waals surface area (Å²) in [7, 11) is 0. The van der Waals surface area contributed by atoms with Crippen LogP contribution in [0.2, 0.25) is 0 Å². The van der Waals surface area contributed by atoms with Crippen molar-refractivity contribution < 1.29 is 54.2 Å². The van der Waals surface area contributed by atoms with Crippen LogP contribution in [-0.4, -0.2) is 42.9 Å². The van der Waals surface area contributed by atoms with Crippen LogP contribution in [-0.2, 0) is 19.1 Å². The van der Waals surface area contributed by atoms with Crippen molar-refractivity contribution in [2.24, 2.45) is 5.92 Å². The summed E-state index contributed by atoms with van der Waals surface area (Å²) in [5, 5.41) is 0. The number of rotatable bonds is 7. The molecule has 0 aromatic rings. The number of hydrogen-bond acceptors (Lipinski definition) is 4. The molecule has 2 unspecified atom stereocenters. The molecule has 150 valence electrons. The standard InChI is InChI=1S/C14H14F8O4/c1-6(2)10(23)25-5-8(26-11(24)7(3)4)9(13(17,18)19)12(15,16)14(20,21)22/h8-9H,1,3,5H2,2,4H3. The first-order valence-electron chi connectivity index (χ1n) is 6.63. The molecule has 0 aromatic heterocycles. The zero-order chi connectivity index (χ0) is 21.1. The van der Waals surface area contributed by atoms with Gasteiger partial charge in [-0.3, -0.25) is 0 Å². The van der Waals surface area contributed by atoms with E-state index in [2.05, 4.69) is 22.6 Å². The molecule has 0 N–H and O–H groups in total. The third-order valence-electron chi connectivity index (χ3n) is 2.83. The van der Waals surface area contributed by atoms with Crippen LogP contribution in [0.5, 0.6) is 0 Å². The monoisotopic (exact) mass is 398 g/mol. The van der Waals surface area contributed by atoms with Gasteiger partial charge in [-0.15, -0.1) is 0 Å². The Hall–Kier alpha value is -2.14. The van der Waals surface area contributed by atoms with Gasteiger partial charge in [0.2, 0.25) is 0 Å². The normalized spacial score (nSPS) is 15.0. The maximum atomic E-state index is 13.5. The van der Waals surface area contributed by atoms with E-state index in [1.807, 2.05) is 0 Å². The van der Waals surface area contributed by atoms with Crippen molar-refractivity contribution in [2.75, 3.05) is 6.61 Å². The molecule has 0 aliphatic carbocycles. The summed E-state index contributed by atoms with van der Waals surface area (Å²) in [5.41, 5.74) is -0.946. The van der Waals surface area contributed by atoms with Gasteiger partial charge in [-0.1, -0.05) is 13.2 Å². The Kier molecular flexibility index (Phi) is 7.38. The maximum Gasteiger partial charge on any atom is 0.454 e. The third-order valence-corrected chi connectivity index (χ3v) is 2.83. The highest BCUT2D eigenvalue weighted by molar-refractivity contribution is 5.87. The zero-order valence-corrected chi connectivity index (χ0v) is 13.4. The second-order valence-corrected chi connectivity index (χ2v) is 5.24. The predicted octanol–water partition coefficient (Wildman–Crippen LogP) is 3.97. The fourth-order valence-corrected chi connectivity index (χ4v) is 1.54. The maximum absolute atomic E-state index is 13.5. The Bertz CT molecular complexity index is 576. The van der Waals surface area contributed by atoms with E-state index < -0.39 is 54.4 Å². The van der Waals surface area contributed by atoms with Crippen molar-refractivity contribution in [3.05, 3.63) is 24.3 Å². The van der Waals surface area contributed by atoms with E-state index in [0.29, 0.717) is 0 Å². The number of carbonyl (C=O) groups excluding carboxylic acids is 2. The molecule has 12 heteroatoms. The van der Waals surface area contributed by atoms with E-state index in [9.17, 15) is 44.7 Å². The molecule has 0 aromatic carbocycles. The first-order chi connectivity index (χ1) is 11.4. The lowest BCUT2D eigenvalue weighted by atomic mass is 9.93. The quantitative estimate of drug-likeness (QED) is 0.370. The Morgan fingerprint density at radius 2 is 1.31 bits per heavy atom. The van der Waals surface area contributed by atoms with Gasteiger partial charge in [0, 0.05) is 11.1 Å². The molecule has 0 saturated carbocycles. The smallest absolute Gasteiger partial charge is 0.454 e. The predicted molar refractivity (Wildman–Crippen MR) is 71.0 cm³/mol. The van der Waals surface area contributed by atoms with Crippen molar-refractivity contribution in [1.29, 1.82) is 0 Å². The van der Waals surface area contributed by atoms with E-state index in [1.54, 1.807) is 0 Å². The number of carbonyl (C=O) groups is 2. The van der Waals surface area contributed by atoms with Gasteiger partial charge in [-0.25, -0.2) is 9.59 Å². The molecule has 0 aliphatic heterocycles. The molecule has 0 heterocycles. The van der Waals surface area contributed by atoms with Gasteiger partial charge in [0.15, 0.2) is 12.0 Å². The zero-order valence-electron chi connectivity index (χ0n) is 13.4. The van der Waals surface area contributed by atoms with Crippen LogP contribution >= 0.6 is 0 Å². The minimum atomic E-state index is -6.61. The Morgan fingerprint density at radius 3 is 1.62 bits per heavy atom. The second kappa shape index (κ2) is 8.04. The molecule has 0 radical (unpaired) electrons. The van der Waals surface area contributed by atoms with E-state index in [0.717, 1.165) is 13.8 Å². The van der Waals surface area contributed by atoms with E-state index >= 15 is 0 Å². The number of hydrogen-bond donors (Lipinski definition) is 0. The first kappa shape index (κ1) is 23.9. The molecule has 0 bridgehead atoms. The number of esters is 2. The van der Waals surface area contributed by atoms with E-state index in [-0.39, 0.29) is 5.57 Å². The fourth-order valence-electron chi connectivity index (χ4n) is 1.54. The number of ether oxygens (including phenoxy) is 2. The molecule has 0 amide bonds. The van der Waals surface area contributed by atoms with Crippen LogP contribution < -0.4 is 0 Å². The van der Waals surface area contributed by atoms with Gasteiger partial charge < -0.3 is 9.47 Å². The van der Waals surface area contributed by atoms with Gasteiger partial charge in [0.1, 0.15) is 6.61 Å². The number of alkyl halides is 8. The first-order valence-corrected chi connectivity index (χ1v) is 6.63. The highest BCUT2D eigenvalue weighted by Gasteiger charge is 2.72. The van der Waals surface area contributed by atoms with E-state index in [1.165, 1.54) is 0 Å². The van der Waals surface area contributed by atoms with Crippen LogP contribution in [0.15, 0.2) is 24.3 Å². The molecule has 0 saturated heterocycles. The molecule has 2 atom stereocenters. The molecule has 0 rings (SSSR count). The molecule has 4 nitrogen and oxygen atoms in total. The van der Waals surface area contributed by atoms with Crippen LogP contribution in [0, 0.1) is 5.92 Å². The van der Waals surface area contributed by atoms with Gasteiger partial charge >= 0.3 is 30.2 Å². The average molecular weight is 398 g/mol. The summed E-state index contributed by atoms with van der Waals surface area (Å²) in [6, 6.07) is 0. The van der Waals surface area contributed by atoms with Gasteiger partial charge in [-0.2, -0.15) is 35.1 Å². The highest BCUT2D eigenvalue weighted by atomic mass is 19.4. The van der Waals surface area contributed by atoms with Crippen molar-refractivity contribution in [2.45, 2.75) is 38.2 Å². The van der Waals surface area contributed by atoms with Crippen molar-refractivity contribution in [3.63, 3.8) is 0 Å². The SMILES string of the molecule is C=C(C)C(=O)OCC(OC(=O)C(=C)C)C(C(F)(F)F)C(F)(F)C(F)(F)F. The largest absolute Gasteiger partial charge is 0.458 e. The topological polar surface area (TPSA) is 52.6 Å². The van der Waals surface area contributed by atoms with Gasteiger partial charge in [0.25, 0.3) is 0 Å². The molecular weight excluding hydrogens is 384 g/mol. The Labute approximate surface area is 142 Å². The van der Waals surface area contributed by atoms with E-state index in [4.69, 9.17) is 0 Å². The minimum Gasteiger partial charge on any atom is -0.458 e. The van der Waals surface area contributed by atoms with Crippen LogP contribution in [0.25, 0.3) is 0 Å². The van der Waals surface area contributed by atoms with Crippen LogP contribution in [0.1, 0.15) is 13.8 Å². The average Bonchev–Trinajstić information content (AvgIpc) is 2.40. The lowest BCUT2D eigenvalue weighted by molar-refractivity contribution is -0.360. The van der Waals surface area contributed by atoms with Crippen LogP contribution in [0.3, 0.4) is 0 Å². The third kappa shape index (κ3) is 5.99. The molecule has 26 heavy (non-hydrogen) atoms. The van der Waals surface area contributed by atoms with Gasteiger partial charge in [-0.05, 0) is 13.8 Å². The summed E-state index contributed by atoms with van der Waals surface area (Å²) in [6.45, 7) is 6.29. The molecule has 0 aliphatic rings. The minimum absolute atomic E-state index is 0.374. The number of halogens is 8. The Balaban J connectivity index is 6.01. The highest BCUT2D eigenvalue weighted by Crippen LogP contribution is 2.49. The fraction of sp³-hybridized carbons (Fsp3) is 0.571. The van der Waals surface area contributed by atoms with Crippen molar-refractivity contribution in [1.82, 2.24) is 0 Å². The van der Waals surface area contributed by atoms with Gasteiger partial charge in [0.05, 0.1) is 0 Å². The molecule has 0 fully saturated rings. The summed E-state index contributed by atoms with van der Waals surface area (Å²) in [6.07, 6.45) is -16.0.